The van der Waals surface area contributed by atoms with Crippen molar-refractivity contribution in [3.8, 4) is 0 Å². The van der Waals surface area contributed by atoms with Crippen molar-refractivity contribution in [3.63, 3.8) is 0 Å². The molecule has 1 unspecified atom stereocenters. The van der Waals surface area contributed by atoms with Crippen molar-refractivity contribution in [2.45, 2.75) is 48.6 Å². The fraction of sp³-hybridized carbons (Fsp3) is 0.571. The van der Waals surface area contributed by atoms with Crippen molar-refractivity contribution in [2.24, 2.45) is 0 Å². The first-order chi connectivity index (χ1) is 9.90. The Bertz CT molecular complexity index is 646. The standard InChI is InChI=1S/C14H18ClFN2O2S/c15-12-8-11(2-3-13(12)16)21(19,20)18-10-4-7-17-14(9-10)5-1-6-14/h2-3,8,10,17-18H,1,4-7,9H2. The van der Waals surface area contributed by atoms with E-state index in [1.807, 2.05) is 0 Å². The van der Waals surface area contributed by atoms with Gasteiger partial charge in [0.05, 0.1) is 9.92 Å². The molecule has 7 heteroatoms. The molecule has 2 N–H and O–H groups in total. The van der Waals surface area contributed by atoms with Crippen LogP contribution < -0.4 is 10.0 Å². The van der Waals surface area contributed by atoms with Crippen molar-refractivity contribution in [2.75, 3.05) is 6.54 Å². The van der Waals surface area contributed by atoms with Gasteiger partial charge in [-0.25, -0.2) is 17.5 Å². The molecule has 1 saturated heterocycles. The van der Waals surface area contributed by atoms with Crippen LogP contribution in [0.15, 0.2) is 23.1 Å². The molecule has 1 aromatic rings. The summed E-state index contributed by atoms with van der Waals surface area (Å²) in [4.78, 5) is 0.00934. The summed E-state index contributed by atoms with van der Waals surface area (Å²) in [6.07, 6.45) is 4.97. The predicted octanol–water partition coefficient (Wildman–Crippen LogP) is 2.43. The molecule has 0 aromatic heterocycles. The minimum atomic E-state index is -3.66. The molecule has 116 valence electrons. The molecule has 0 radical (unpaired) electrons. The molecular weight excluding hydrogens is 315 g/mol. The molecular formula is C14H18ClFN2O2S. The van der Waals surface area contributed by atoms with Crippen LogP contribution in [-0.4, -0.2) is 26.5 Å². The zero-order valence-corrected chi connectivity index (χ0v) is 13.1. The van der Waals surface area contributed by atoms with E-state index in [2.05, 4.69) is 10.0 Å². The molecule has 1 aliphatic carbocycles. The van der Waals surface area contributed by atoms with Gasteiger partial charge in [-0.05, 0) is 56.8 Å². The number of hydrogen-bond donors (Lipinski definition) is 2. The Labute approximate surface area is 129 Å². The smallest absolute Gasteiger partial charge is 0.240 e. The predicted molar refractivity (Wildman–Crippen MR) is 79.3 cm³/mol. The molecule has 2 aliphatic rings. The lowest BCUT2D eigenvalue weighted by Crippen LogP contribution is -2.59. The zero-order chi connectivity index (χ0) is 15.1. The van der Waals surface area contributed by atoms with Crippen molar-refractivity contribution in [1.82, 2.24) is 10.0 Å². The Hall–Kier alpha value is -0.690. The lowest BCUT2D eigenvalue weighted by molar-refractivity contribution is 0.126. The summed E-state index contributed by atoms with van der Waals surface area (Å²) in [7, 11) is -3.66. The minimum absolute atomic E-state index is 0.00934. The van der Waals surface area contributed by atoms with E-state index in [0.29, 0.717) is 0 Å². The van der Waals surface area contributed by atoms with Crippen LogP contribution in [-0.2, 0) is 10.0 Å². The monoisotopic (exact) mass is 332 g/mol. The third kappa shape index (κ3) is 3.08. The number of piperidine rings is 1. The Morgan fingerprint density at radius 1 is 1.38 bits per heavy atom. The van der Waals surface area contributed by atoms with Crippen molar-refractivity contribution >= 4 is 21.6 Å². The van der Waals surface area contributed by atoms with Crippen LogP contribution in [0.4, 0.5) is 4.39 Å². The SMILES string of the molecule is O=S(=O)(NC1CCNC2(CCC2)C1)c1ccc(F)c(Cl)c1. The lowest BCUT2D eigenvalue weighted by atomic mass is 9.70. The van der Waals surface area contributed by atoms with Gasteiger partial charge >= 0.3 is 0 Å². The van der Waals surface area contributed by atoms with Crippen LogP contribution in [0.25, 0.3) is 0 Å². The molecule has 21 heavy (non-hydrogen) atoms. The number of rotatable bonds is 3. The summed E-state index contributed by atoms with van der Waals surface area (Å²) in [5.74, 6) is -0.620. The van der Waals surface area contributed by atoms with Gasteiger partial charge in [0, 0.05) is 11.6 Å². The van der Waals surface area contributed by atoms with Crippen LogP contribution in [0.5, 0.6) is 0 Å². The molecule has 1 heterocycles. The quantitative estimate of drug-likeness (QED) is 0.893. The highest BCUT2D eigenvalue weighted by Crippen LogP contribution is 2.38. The number of benzene rings is 1. The van der Waals surface area contributed by atoms with Crippen LogP contribution >= 0.6 is 11.6 Å². The first-order valence-corrected chi connectivity index (χ1v) is 8.99. The van der Waals surface area contributed by atoms with E-state index in [4.69, 9.17) is 11.6 Å². The second kappa shape index (κ2) is 5.50. The summed E-state index contributed by atoms with van der Waals surface area (Å²) in [6.45, 7) is 0.817. The average molecular weight is 333 g/mol. The molecule has 1 saturated carbocycles. The van der Waals surface area contributed by atoms with E-state index in [-0.39, 0.29) is 21.5 Å². The topological polar surface area (TPSA) is 58.2 Å². The molecule has 4 nitrogen and oxygen atoms in total. The maximum absolute atomic E-state index is 13.1. The largest absolute Gasteiger partial charge is 0.311 e. The Morgan fingerprint density at radius 3 is 2.76 bits per heavy atom. The van der Waals surface area contributed by atoms with Crippen molar-refractivity contribution in [1.29, 1.82) is 0 Å². The van der Waals surface area contributed by atoms with Gasteiger partial charge in [0.15, 0.2) is 0 Å². The third-order valence-corrected chi connectivity index (χ3v) is 6.27. The Kier molecular flexibility index (Phi) is 3.98. The second-order valence-electron chi connectivity index (χ2n) is 5.95. The Morgan fingerprint density at radius 2 is 2.14 bits per heavy atom. The van der Waals surface area contributed by atoms with E-state index in [1.54, 1.807) is 0 Å². The highest BCUT2D eigenvalue weighted by molar-refractivity contribution is 7.89. The van der Waals surface area contributed by atoms with Gasteiger partial charge in [-0.3, -0.25) is 0 Å². The zero-order valence-electron chi connectivity index (χ0n) is 11.5. The van der Waals surface area contributed by atoms with E-state index in [9.17, 15) is 12.8 Å². The Balaban J connectivity index is 1.74. The molecule has 1 aromatic carbocycles. The molecule has 0 bridgehead atoms. The molecule has 1 atom stereocenters. The number of sulfonamides is 1. The van der Waals surface area contributed by atoms with Crippen molar-refractivity contribution in [3.05, 3.63) is 29.0 Å². The van der Waals surface area contributed by atoms with E-state index >= 15 is 0 Å². The van der Waals surface area contributed by atoms with Gasteiger partial charge in [0.25, 0.3) is 0 Å². The molecule has 0 amide bonds. The molecule has 1 aliphatic heterocycles. The highest BCUT2D eigenvalue weighted by atomic mass is 35.5. The summed E-state index contributed by atoms with van der Waals surface area (Å²) < 4.78 is 40.6. The first-order valence-electron chi connectivity index (χ1n) is 7.13. The lowest BCUT2D eigenvalue weighted by Gasteiger charge is -2.48. The van der Waals surface area contributed by atoms with Gasteiger partial charge in [-0.15, -0.1) is 0 Å². The first kappa shape index (κ1) is 15.2. The highest BCUT2D eigenvalue weighted by Gasteiger charge is 2.41. The molecule has 2 fully saturated rings. The maximum atomic E-state index is 13.1. The van der Waals surface area contributed by atoms with Gasteiger partial charge < -0.3 is 5.32 Å². The van der Waals surface area contributed by atoms with Gasteiger partial charge in [0.2, 0.25) is 10.0 Å². The number of halogens is 2. The summed E-state index contributed by atoms with van der Waals surface area (Å²) >= 11 is 5.66. The number of hydrogen-bond acceptors (Lipinski definition) is 3. The van der Waals surface area contributed by atoms with E-state index < -0.39 is 15.8 Å². The third-order valence-electron chi connectivity index (χ3n) is 4.46. The van der Waals surface area contributed by atoms with Crippen LogP contribution in [0, 0.1) is 5.82 Å². The van der Waals surface area contributed by atoms with E-state index in [0.717, 1.165) is 44.4 Å². The molecule has 1 spiro atoms. The maximum Gasteiger partial charge on any atom is 0.240 e. The normalized spacial score (nSPS) is 24.8. The minimum Gasteiger partial charge on any atom is -0.311 e. The fourth-order valence-corrected chi connectivity index (χ4v) is 4.72. The van der Waals surface area contributed by atoms with E-state index in [1.165, 1.54) is 12.5 Å². The fourth-order valence-electron chi connectivity index (χ4n) is 3.17. The molecule has 3 rings (SSSR count). The van der Waals surface area contributed by atoms with Crippen LogP contribution in [0.2, 0.25) is 5.02 Å². The average Bonchev–Trinajstić information content (AvgIpc) is 2.40. The van der Waals surface area contributed by atoms with Crippen LogP contribution in [0.1, 0.15) is 32.1 Å². The summed E-state index contributed by atoms with van der Waals surface area (Å²) in [6, 6.07) is 3.39. The van der Waals surface area contributed by atoms with Gasteiger partial charge in [-0.2, -0.15) is 0 Å². The second-order valence-corrected chi connectivity index (χ2v) is 8.07. The van der Waals surface area contributed by atoms with Crippen molar-refractivity contribution < 1.29 is 12.8 Å². The van der Waals surface area contributed by atoms with Crippen LogP contribution in [0.3, 0.4) is 0 Å². The summed E-state index contributed by atoms with van der Waals surface area (Å²) in [5, 5.41) is 3.32. The van der Waals surface area contributed by atoms with Gasteiger partial charge in [0.1, 0.15) is 5.82 Å². The number of nitrogens with one attached hydrogen (secondary N) is 2. The van der Waals surface area contributed by atoms with Gasteiger partial charge in [-0.1, -0.05) is 11.6 Å². The summed E-state index contributed by atoms with van der Waals surface area (Å²) in [5.41, 5.74) is 0.117.